The number of rotatable bonds is 3. The molecule has 1 amide bonds. The van der Waals surface area contributed by atoms with Gasteiger partial charge in [-0.2, -0.15) is 0 Å². The van der Waals surface area contributed by atoms with Crippen molar-refractivity contribution in [3.05, 3.63) is 0 Å². The lowest BCUT2D eigenvalue weighted by Gasteiger charge is -2.43. The maximum atomic E-state index is 12.0. The Morgan fingerprint density at radius 2 is 1.95 bits per heavy atom. The maximum Gasteiger partial charge on any atom is 0.242 e. The van der Waals surface area contributed by atoms with Crippen molar-refractivity contribution in [3.63, 3.8) is 0 Å². The molecule has 0 bridgehead atoms. The smallest absolute Gasteiger partial charge is 0.242 e. The summed E-state index contributed by atoms with van der Waals surface area (Å²) < 4.78 is 0. The molecular formula is C10H21BrN4O5. The van der Waals surface area contributed by atoms with Crippen molar-refractivity contribution in [1.29, 1.82) is 5.41 Å². The molecule has 20 heavy (non-hydrogen) atoms. The third-order valence-corrected chi connectivity index (χ3v) is 3.21. The van der Waals surface area contributed by atoms with Gasteiger partial charge in [0, 0.05) is 13.6 Å². The van der Waals surface area contributed by atoms with Crippen molar-refractivity contribution in [2.24, 2.45) is 5.73 Å². The number of likely N-dealkylation sites (tertiary alicyclic amines) is 1. The van der Waals surface area contributed by atoms with Crippen LogP contribution in [0.3, 0.4) is 0 Å². The van der Waals surface area contributed by atoms with E-state index in [0.717, 1.165) is 4.90 Å². The van der Waals surface area contributed by atoms with Crippen molar-refractivity contribution >= 4 is 28.8 Å². The Bertz CT molecular complexity index is 359. The number of amides is 1. The minimum Gasteiger partial charge on any atom is -0.394 e. The first kappa shape index (κ1) is 19.1. The first-order chi connectivity index (χ1) is 8.79. The zero-order valence-electron chi connectivity index (χ0n) is 11.0. The van der Waals surface area contributed by atoms with Gasteiger partial charge in [0.25, 0.3) is 0 Å². The molecule has 1 heterocycles. The Labute approximate surface area is 126 Å². The topological polar surface area (TPSA) is 154 Å². The third kappa shape index (κ3) is 4.03. The second kappa shape index (κ2) is 7.74. The van der Waals surface area contributed by atoms with E-state index < -0.39 is 36.9 Å². The SMILES string of the molecule is Br.CN(CC(=O)N1C[C@@H](O)[C@@H](O)[C@H](O)[C@H]1CO)C(=N)N. The first-order valence-electron chi connectivity index (χ1n) is 5.79. The average molecular weight is 357 g/mol. The normalized spacial score (nSPS) is 29.6. The standard InChI is InChI=1S/C10H20N4O5.BrH/c1-13(10(11)12)3-7(17)14-2-6(16)9(19)8(18)5(14)4-15;/h5-6,8-9,15-16,18-19H,2-4H2,1H3,(H3,11,12);1H/t5-,6-,8-,9-;/m1./s1. The molecule has 0 unspecified atom stereocenters. The molecule has 1 rings (SSSR count). The summed E-state index contributed by atoms with van der Waals surface area (Å²) in [5.74, 6) is -0.811. The molecule has 1 fully saturated rings. The Morgan fingerprint density at radius 3 is 2.40 bits per heavy atom. The van der Waals surface area contributed by atoms with Gasteiger partial charge >= 0.3 is 0 Å². The van der Waals surface area contributed by atoms with Crippen LogP contribution < -0.4 is 5.73 Å². The van der Waals surface area contributed by atoms with Crippen LogP contribution in [0, 0.1) is 5.41 Å². The van der Waals surface area contributed by atoms with Gasteiger partial charge in [0.05, 0.1) is 19.2 Å². The number of β-amino-alcohol motifs (C(OH)–C–C–N with tert-alkyl or cyclic N) is 1. The highest BCUT2D eigenvalue weighted by Gasteiger charge is 2.43. The van der Waals surface area contributed by atoms with E-state index in [0.29, 0.717) is 0 Å². The molecule has 10 heteroatoms. The number of halogens is 1. The molecule has 0 aromatic carbocycles. The van der Waals surface area contributed by atoms with Crippen LogP contribution >= 0.6 is 17.0 Å². The Morgan fingerprint density at radius 1 is 1.40 bits per heavy atom. The van der Waals surface area contributed by atoms with Gasteiger partial charge in [-0.05, 0) is 0 Å². The number of aliphatic hydroxyl groups excluding tert-OH is 4. The summed E-state index contributed by atoms with van der Waals surface area (Å²) in [7, 11) is 1.44. The lowest BCUT2D eigenvalue weighted by molar-refractivity contribution is -0.166. The molecule has 9 nitrogen and oxygen atoms in total. The third-order valence-electron chi connectivity index (χ3n) is 3.21. The van der Waals surface area contributed by atoms with E-state index in [4.69, 9.17) is 11.1 Å². The molecule has 0 aromatic rings. The molecule has 0 aromatic heterocycles. The summed E-state index contributed by atoms with van der Waals surface area (Å²) in [5, 5.41) is 45.1. The summed E-state index contributed by atoms with van der Waals surface area (Å²) in [6.07, 6.45) is -4.13. The number of guanidine groups is 1. The van der Waals surface area contributed by atoms with Gasteiger partial charge in [-0.1, -0.05) is 0 Å². The van der Waals surface area contributed by atoms with Gasteiger partial charge in [-0.15, -0.1) is 17.0 Å². The highest BCUT2D eigenvalue weighted by atomic mass is 79.9. The Hall–Kier alpha value is -0.940. The number of nitrogens with zero attached hydrogens (tertiary/aromatic N) is 2. The van der Waals surface area contributed by atoms with Crippen LogP contribution in [0.25, 0.3) is 0 Å². The summed E-state index contributed by atoms with van der Waals surface area (Å²) in [4.78, 5) is 14.3. The number of carbonyl (C=O) groups excluding carboxylic acids is 1. The number of carbonyl (C=O) groups is 1. The highest BCUT2D eigenvalue weighted by Crippen LogP contribution is 2.19. The molecule has 1 saturated heterocycles. The summed E-state index contributed by atoms with van der Waals surface area (Å²) in [5.41, 5.74) is 5.21. The van der Waals surface area contributed by atoms with Crippen molar-refractivity contribution in [1.82, 2.24) is 9.80 Å². The van der Waals surface area contributed by atoms with Gasteiger partial charge < -0.3 is 36.0 Å². The predicted molar refractivity (Wildman–Crippen MR) is 75.5 cm³/mol. The molecule has 1 aliphatic rings. The van der Waals surface area contributed by atoms with Gasteiger partial charge in [0.1, 0.15) is 18.3 Å². The van der Waals surface area contributed by atoms with Crippen molar-refractivity contribution in [2.75, 3.05) is 26.7 Å². The lowest BCUT2D eigenvalue weighted by atomic mass is 9.94. The number of hydrogen-bond acceptors (Lipinski definition) is 6. The maximum absolute atomic E-state index is 12.0. The van der Waals surface area contributed by atoms with Crippen molar-refractivity contribution in [2.45, 2.75) is 24.4 Å². The fourth-order valence-electron chi connectivity index (χ4n) is 1.96. The van der Waals surface area contributed by atoms with Crippen LogP contribution in [0.4, 0.5) is 0 Å². The molecule has 7 N–H and O–H groups in total. The van der Waals surface area contributed by atoms with E-state index in [1.165, 1.54) is 11.9 Å². The quantitative estimate of drug-likeness (QED) is 0.228. The molecule has 4 atom stereocenters. The Balaban J connectivity index is 0.00000361. The number of likely N-dealkylation sites (N-methyl/N-ethyl adjacent to an activating group) is 1. The number of piperidine rings is 1. The molecular weight excluding hydrogens is 336 g/mol. The molecule has 0 spiro atoms. The second-order valence-corrected chi connectivity index (χ2v) is 4.59. The lowest BCUT2D eigenvalue weighted by Crippen LogP contribution is -2.65. The molecule has 0 radical (unpaired) electrons. The van der Waals surface area contributed by atoms with Crippen LogP contribution in [-0.2, 0) is 4.79 Å². The van der Waals surface area contributed by atoms with Crippen LogP contribution in [0.1, 0.15) is 0 Å². The van der Waals surface area contributed by atoms with Gasteiger partial charge in [-0.3, -0.25) is 10.2 Å². The van der Waals surface area contributed by atoms with Crippen LogP contribution in [0.2, 0.25) is 0 Å². The van der Waals surface area contributed by atoms with E-state index in [-0.39, 0.29) is 36.0 Å². The monoisotopic (exact) mass is 356 g/mol. The number of nitrogens with one attached hydrogen (secondary N) is 1. The van der Waals surface area contributed by atoms with E-state index in [2.05, 4.69) is 0 Å². The van der Waals surface area contributed by atoms with Crippen molar-refractivity contribution < 1.29 is 25.2 Å². The molecule has 0 aliphatic carbocycles. The predicted octanol–water partition coefficient (Wildman–Crippen LogP) is -3.32. The van der Waals surface area contributed by atoms with Crippen LogP contribution in [0.15, 0.2) is 0 Å². The number of aliphatic hydroxyl groups is 4. The zero-order chi connectivity index (χ0) is 14.7. The zero-order valence-corrected chi connectivity index (χ0v) is 12.7. The van der Waals surface area contributed by atoms with E-state index in [9.17, 15) is 25.2 Å². The largest absolute Gasteiger partial charge is 0.394 e. The van der Waals surface area contributed by atoms with Crippen molar-refractivity contribution in [3.8, 4) is 0 Å². The Kier molecular flexibility index (Phi) is 7.38. The average Bonchev–Trinajstić information content (AvgIpc) is 2.35. The fourth-order valence-corrected chi connectivity index (χ4v) is 1.96. The van der Waals surface area contributed by atoms with Crippen LogP contribution in [-0.4, -0.2) is 93.2 Å². The number of nitrogens with two attached hydrogens (primary N) is 1. The fraction of sp³-hybridized carbons (Fsp3) is 0.800. The summed E-state index contributed by atoms with van der Waals surface area (Å²) >= 11 is 0. The number of hydrogen-bond donors (Lipinski definition) is 6. The molecule has 0 saturated carbocycles. The molecule has 118 valence electrons. The van der Waals surface area contributed by atoms with Gasteiger partial charge in [-0.25, -0.2) is 0 Å². The van der Waals surface area contributed by atoms with Crippen LogP contribution in [0.5, 0.6) is 0 Å². The van der Waals surface area contributed by atoms with Gasteiger partial charge in [0.15, 0.2) is 5.96 Å². The molecule has 1 aliphatic heterocycles. The minimum atomic E-state index is -1.43. The first-order valence-corrected chi connectivity index (χ1v) is 5.79. The van der Waals surface area contributed by atoms with E-state index in [1.807, 2.05) is 0 Å². The van der Waals surface area contributed by atoms with E-state index in [1.54, 1.807) is 0 Å². The summed E-state index contributed by atoms with van der Waals surface area (Å²) in [6, 6.07) is -0.994. The highest BCUT2D eigenvalue weighted by molar-refractivity contribution is 8.93. The summed E-state index contributed by atoms with van der Waals surface area (Å²) in [6.45, 7) is -0.962. The van der Waals surface area contributed by atoms with Gasteiger partial charge in [0.2, 0.25) is 5.91 Å². The second-order valence-electron chi connectivity index (χ2n) is 4.59. The van der Waals surface area contributed by atoms with E-state index >= 15 is 0 Å². The minimum absolute atomic E-state index is 0.